The van der Waals surface area contributed by atoms with Crippen molar-refractivity contribution in [1.29, 1.82) is 0 Å². The molecule has 0 radical (unpaired) electrons. The first-order valence-electron chi connectivity index (χ1n) is 11.7. The van der Waals surface area contributed by atoms with E-state index in [0.29, 0.717) is 0 Å². The van der Waals surface area contributed by atoms with Gasteiger partial charge < -0.3 is 11.1 Å². The molecule has 3 heteroatoms. The van der Waals surface area contributed by atoms with Gasteiger partial charge in [0.1, 0.15) is 0 Å². The van der Waals surface area contributed by atoms with Crippen LogP contribution in [0.5, 0.6) is 0 Å². The molecule has 0 aromatic heterocycles. The van der Waals surface area contributed by atoms with Crippen LogP contribution in [0.25, 0.3) is 0 Å². The molecule has 0 saturated heterocycles. The van der Waals surface area contributed by atoms with Gasteiger partial charge >= 0.3 is 6.03 Å². The van der Waals surface area contributed by atoms with Gasteiger partial charge in [-0.05, 0) is 12.3 Å². The molecule has 0 aliphatic heterocycles. The number of unbranched alkanes of at least 4 members (excludes halogenated alkanes) is 16. The van der Waals surface area contributed by atoms with Gasteiger partial charge in [0.05, 0.1) is 0 Å². The largest absolute Gasteiger partial charge is 0.352 e. The Morgan fingerprint density at radius 2 is 0.923 bits per heavy atom. The number of nitrogens with one attached hydrogen (secondary N) is 1. The Balaban J connectivity index is 3.00. The van der Waals surface area contributed by atoms with E-state index in [1.165, 1.54) is 109 Å². The molecular weight excluding hydrogens is 320 g/mol. The Bertz CT molecular complexity index is 292. The molecule has 0 atom stereocenters. The Hall–Kier alpha value is -0.730. The molecule has 0 bridgehead atoms. The second kappa shape index (κ2) is 20.6. The van der Waals surface area contributed by atoms with E-state index in [0.717, 1.165) is 18.9 Å². The van der Waals surface area contributed by atoms with Gasteiger partial charge in [0.2, 0.25) is 0 Å². The molecule has 3 N–H and O–H groups in total. The fourth-order valence-electron chi connectivity index (χ4n) is 3.54. The lowest BCUT2D eigenvalue weighted by Gasteiger charge is -2.05. The van der Waals surface area contributed by atoms with Gasteiger partial charge in [0.25, 0.3) is 0 Å². The number of carbonyl (C=O) groups excluding carboxylic acids is 1. The van der Waals surface area contributed by atoms with Gasteiger partial charge in [0.15, 0.2) is 0 Å². The van der Waals surface area contributed by atoms with Crippen LogP contribution in [0, 0.1) is 5.92 Å². The lowest BCUT2D eigenvalue weighted by molar-refractivity contribution is 0.248. The number of carbonyl (C=O) groups is 1. The van der Waals surface area contributed by atoms with Gasteiger partial charge in [0, 0.05) is 6.54 Å². The minimum absolute atomic E-state index is 0.401. The number of primary amides is 1. The second-order valence-electron chi connectivity index (χ2n) is 8.48. The first kappa shape index (κ1) is 25.3. The van der Waals surface area contributed by atoms with Crippen molar-refractivity contribution in [2.24, 2.45) is 11.7 Å². The van der Waals surface area contributed by atoms with E-state index in [-0.39, 0.29) is 0 Å². The normalized spacial score (nSPS) is 11.2. The van der Waals surface area contributed by atoms with Gasteiger partial charge in [-0.2, -0.15) is 0 Å². The molecule has 0 fully saturated rings. The van der Waals surface area contributed by atoms with Gasteiger partial charge in [-0.3, -0.25) is 0 Å². The van der Waals surface area contributed by atoms with Crippen LogP contribution in [0.2, 0.25) is 0 Å². The highest BCUT2D eigenvalue weighted by Crippen LogP contribution is 2.15. The molecule has 0 aromatic rings. The maximum Gasteiger partial charge on any atom is 0.312 e. The second-order valence-corrected chi connectivity index (χ2v) is 8.48. The Kier molecular flexibility index (Phi) is 20.0. The third kappa shape index (κ3) is 23.3. The molecule has 0 spiro atoms. The van der Waals surface area contributed by atoms with Crippen molar-refractivity contribution < 1.29 is 4.79 Å². The number of nitrogens with two attached hydrogens (primary N) is 1. The van der Waals surface area contributed by atoms with E-state index in [9.17, 15) is 4.79 Å². The van der Waals surface area contributed by atoms with Crippen molar-refractivity contribution in [3.05, 3.63) is 0 Å². The zero-order chi connectivity index (χ0) is 19.3. The number of urea groups is 1. The average molecular weight is 369 g/mol. The first-order valence-corrected chi connectivity index (χ1v) is 11.7. The minimum Gasteiger partial charge on any atom is -0.352 e. The fourth-order valence-corrected chi connectivity index (χ4v) is 3.54. The summed E-state index contributed by atoms with van der Waals surface area (Å²) in [5.41, 5.74) is 5.03. The zero-order valence-electron chi connectivity index (χ0n) is 18.0. The number of hydrogen-bond donors (Lipinski definition) is 2. The summed E-state index contributed by atoms with van der Waals surface area (Å²) in [6.45, 7) is 5.39. The third-order valence-corrected chi connectivity index (χ3v) is 5.26. The summed E-state index contributed by atoms with van der Waals surface area (Å²) in [7, 11) is 0. The SMILES string of the molecule is CC(C)CCCCCCCCCCCCCCCCCCCNC(N)=O. The number of rotatable bonds is 20. The molecule has 26 heavy (non-hydrogen) atoms. The summed E-state index contributed by atoms with van der Waals surface area (Å²) < 4.78 is 0. The van der Waals surface area contributed by atoms with Crippen molar-refractivity contribution >= 4 is 6.03 Å². The van der Waals surface area contributed by atoms with Crippen molar-refractivity contribution in [2.45, 2.75) is 129 Å². The highest BCUT2D eigenvalue weighted by atomic mass is 16.2. The lowest BCUT2D eigenvalue weighted by atomic mass is 10.0. The topological polar surface area (TPSA) is 55.1 Å². The summed E-state index contributed by atoms with van der Waals surface area (Å²) in [5, 5.41) is 2.64. The molecule has 156 valence electrons. The Morgan fingerprint density at radius 1 is 0.615 bits per heavy atom. The molecule has 0 aromatic carbocycles. The van der Waals surface area contributed by atoms with Crippen molar-refractivity contribution in [2.75, 3.05) is 6.54 Å². The predicted octanol–water partition coefficient (Wildman–Crippen LogP) is 7.33. The summed E-state index contributed by atoms with van der Waals surface area (Å²) in [5.74, 6) is 0.882. The monoisotopic (exact) mass is 368 g/mol. The molecule has 3 nitrogen and oxygen atoms in total. The molecule has 0 unspecified atom stereocenters. The summed E-state index contributed by atoms with van der Waals surface area (Å²) in [6, 6.07) is -0.401. The smallest absolute Gasteiger partial charge is 0.312 e. The van der Waals surface area contributed by atoms with Crippen molar-refractivity contribution in [3.63, 3.8) is 0 Å². The third-order valence-electron chi connectivity index (χ3n) is 5.26. The van der Waals surface area contributed by atoms with Gasteiger partial charge in [-0.1, -0.05) is 123 Å². The molecule has 0 saturated carbocycles. The lowest BCUT2D eigenvalue weighted by Crippen LogP contribution is -2.29. The highest BCUT2D eigenvalue weighted by molar-refractivity contribution is 5.71. The number of hydrogen-bond acceptors (Lipinski definition) is 1. The van der Waals surface area contributed by atoms with E-state index < -0.39 is 6.03 Å². The first-order chi connectivity index (χ1) is 12.6. The van der Waals surface area contributed by atoms with Crippen LogP contribution in [-0.4, -0.2) is 12.6 Å². The van der Waals surface area contributed by atoms with Gasteiger partial charge in [-0.15, -0.1) is 0 Å². The quantitative estimate of drug-likeness (QED) is 0.217. The van der Waals surface area contributed by atoms with Crippen LogP contribution in [0.4, 0.5) is 4.79 Å². The zero-order valence-corrected chi connectivity index (χ0v) is 18.0. The summed E-state index contributed by atoms with van der Waals surface area (Å²) >= 11 is 0. The molecule has 0 heterocycles. The molecule has 2 amide bonds. The maximum atomic E-state index is 10.5. The van der Waals surface area contributed by atoms with Crippen LogP contribution < -0.4 is 11.1 Å². The number of amides is 2. The van der Waals surface area contributed by atoms with Crippen molar-refractivity contribution in [3.8, 4) is 0 Å². The van der Waals surface area contributed by atoms with Crippen LogP contribution in [-0.2, 0) is 0 Å². The van der Waals surface area contributed by atoms with Gasteiger partial charge in [-0.25, -0.2) is 4.79 Å². The molecule has 0 rings (SSSR count). The summed E-state index contributed by atoms with van der Waals surface area (Å²) in [6.07, 6.45) is 25.0. The molecular formula is C23H48N2O. The minimum atomic E-state index is -0.401. The predicted molar refractivity (Wildman–Crippen MR) is 116 cm³/mol. The molecule has 0 aliphatic carbocycles. The van der Waals surface area contributed by atoms with E-state index >= 15 is 0 Å². The van der Waals surface area contributed by atoms with E-state index in [4.69, 9.17) is 5.73 Å². The van der Waals surface area contributed by atoms with E-state index in [1.807, 2.05) is 0 Å². The van der Waals surface area contributed by atoms with E-state index in [2.05, 4.69) is 19.2 Å². The Labute approximate surface area is 164 Å². The fraction of sp³-hybridized carbons (Fsp3) is 0.957. The van der Waals surface area contributed by atoms with Crippen LogP contribution in [0.3, 0.4) is 0 Å². The van der Waals surface area contributed by atoms with E-state index in [1.54, 1.807) is 0 Å². The van der Waals surface area contributed by atoms with Crippen LogP contribution in [0.15, 0.2) is 0 Å². The maximum absolute atomic E-state index is 10.5. The van der Waals surface area contributed by atoms with Crippen LogP contribution in [0.1, 0.15) is 129 Å². The standard InChI is InChI=1S/C23H48N2O/c1-22(2)20-18-16-14-12-10-8-6-4-3-5-7-9-11-13-15-17-19-21-25-23(24)26/h22H,3-21H2,1-2H3,(H3,24,25,26). The average Bonchev–Trinajstić information content (AvgIpc) is 2.59. The Morgan fingerprint density at radius 3 is 1.23 bits per heavy atom. The van der Waals surface area contributed by atoms with Crippen LogP contribution >= 0.6 is 0 Å². The summed E-state index contributed by atoms with van der Waals surface area (Å²) in [4.78, 5) is 10.5. The highest BCUT2D eigenvalue weighted by Gasteiger charge is 1.96. The van der Waals surface area contributed by atoms with Crippen molar-refractivity contribution in [1.82, 2.24) is 5.32 Å². The molecule has 0 aliphatic rings.